The molecular formula is C20H24N2O3. The monoisotopic (exact) mass is 340 g/mol. The van der Waals surface area contributed by atoms with Crippen LogP contribution in [0.1, 0.15) is 37.6 Å². The molecule has 0 aliphatic heterocycles. The number of rotatable bonds is 8. The maximum absolute atomic E-state index is 12.1. The number of nitrogens with one attached hydrogen (secondary N) is 2. The summed E-state index contributed by atoms with van der Waals surface area (Å²) in [5.74, 6) is 0.611. The molecule has 0 bridgehead atoms. The summed E-state index contributed by atoms with van der Waals surface area (Å²) >= 11 is 0. The Hall–Kier alpha value is -2.82. The molecule has 1 amide bonds. The summed E-state index contributed by atoms with van der Waals surface area (Å²) < 4.78 is 5.69. The van der Waals surface area contributed by atoms with E-state index in [-0.39, 0.29) is 17.8 Å². The Labute approximate surface area is 148 Å². The number of carbonyl (C=O) groups excluding carboxylic acids is 2. The molecule has 2 aromatic rings. The van der Waals surface area contributed by atoms with Crippen LogP contribution in [0.2, 0.25) is 0 Å². The lowest BCUT2D eigenvalue weighted by Crippen LogP contribution is -2.17. The van der Waals surface area contributed by atoms with Crippen molar-refractivity contribution >= 4 is 23.1 Å². The molecule has 0 aliphatic rings. The van der Waals surface area contributed by atoms with Crippen molar-refractivity contribution in [2.45, 2.75) is 33.3 Å². The fourth-order valence-electron chi connectivity index (χ4n) is 2.28. The Bertz CT molecular complexity index is 724. The van der Waals surface area contributed by atoms with Crippen molar-refractivity contribution in [3.05, 3.63) is 54.1 Å². The molecule has 0 saturated heterocycles. The second-order valence-electron chi connectivity index (χ2n) is 6.02. The number of ketones is 1. The van der Waals surface area contributed by atoms with Crippen LogP contribution >= 0.6 is 0 Å². The van der Waals surface area contributed by atoms with Crippen LogP contribution in [-0.2, 0) is 4.79 Å². The molecule has 0 heterocycles. The predicted molar refractivity (Wildman–Crippen MR) is 100 cm³/mol. The van der Waals surface area contributed by atoms with Gasteiger partial charge in [-0.2, -0.15) is 0 Å². The summed E-state index contributed by atoms with van der Waals surface area (Å²) in [5.41, 5.74) is 2.22. The van der Waals surface area contributed by atoms with Crippen molar-refractivity contribution in [1.82, 2.24) is 0 Å². The van der Waals surface area contributed by atoms with E-state index in [0.717, 1.165) is 5.69 Å². The van der Waals surface area contributed by atoms with Crippen molar-refractivity contribution < 1.29 is 14.3 Å². The lowest BCUT2D eigenvalue weighted by molar-refractivity contribution is -0.116. The molecule has 0 saturated carbocycles. The van der Waals surface area contributed by atoms with Crippen molar-refractivity contribution in [1.29, 1.82) is 0 Å². The minimum Gasteiger partial charge on any atom is -0.489 e. The van der Waals surface area contributed by atoms with Crippen LogP contribution in [0, 0.1) is 0 Å². The highest BCUT2D eigenvalue weighted by Gasteiger charge is 2.08. The number of para-hydroxylation sites is 2. The molecule has 2 N–H and O–H groups in total. The lowest BCUT2D eigenvalue weighted by atomic mass is 10.1. The van der Waals surface area contributed by atoms with Crippen molar-refractivity contribution in [3.63, 3.8) is 0 Å². The molecule has 0 aromatic heterocycles. The molecule has 2 rings (SSSR count). The minimum atomic E-state index is -0.0901. The zero-order valence-electron chi connectivity index (χ0n) is 14.8. The number of benzene rings is 2. The van der Waals surface area contributed by atoms with Crippen molar-refractivity contribution in [3.8, 4) is 5.75 Å². The van der Waals surface area contributed by atoms with E-state index in [0.29, 0.717) is 30.0 Å². The van der Waals surface area contributed by atoms with Gasteiger partial charge in [0.2, 0.25) is 5.91 Å². The summed E-state index contributed by atoms with van der Waals surface area (Å²) in [6.07, 6.45) is 0.363. The van der Waals surface area contributed by atoms with Crippen molar-refractivity contribution in [2.24, 2.45) is 0 Å². The Kier molecular flexibility index (Phi) is 6.57. The Morgan fingerprint density at radius 1 is 1.04 bits per heavy atom. The molecule has 0 fully saturated rings. The van der Waals surface area contributed by atoms with Gasteiger partial charge in [0, 0.05) is 24.2 Å². The highest BCUT2D eigenvalue weighted by atomic mass is 16.5. The molecule has 0 unspecified atom stereocenters. The number of anilines is 2. The van der Waals surface area contributed by atoms with Gasteiger partial charge in [-0.3, -0.25) is 9.59 Å². The molecule has 25 heavy (non-hydrogen) atoms. The summed E-state index contributed by atoms with van der Waals surface area (Å²) in [7, 11) is 0. The lowest BCUT2D eigenvalue weighted by Gasteiger charge is -2.15. The predicted octanol–water partition coefficient (Wildman–Crippen LogP) is 4.12. The third kappa shape index (κ3) is 5.95. The molecule has 5 heteroatoms. The van der Waals surface area contributed by atoms with Gasteiger partial charge in [-0.15, -0.1) is 0 Å². The summed E-state index contributed by atoms with van der Waals surface area (Å²) in [6.45, 7) is 5.92. The van der Waals surface area contributed by atoms with Gasteiger partial charge in [0.1, 0.15) is 5.75 Å². The number of carbonyl (C=O) groups is 2. The third-order valence-electron chi connectivity index (χ3n) is 3.50. The van der Waals surface area contributed by atoms with E-state index in [1.807, 2.05) is 50.2 Å². The summed E-state index contributed by atoms with van der Waals surface area (Å²) in [4.78, 5) is 23.4. The average molecular weight is 340 g/mol. The first-order valence-electron chi connectivity index (χ1n) is 8.36. The van der Waals surface area contributed by atoms with Crippen LogP contribution in [0.3, 0.4) is 0 Å². The van der Waals surface area contributed by atoms with Crippen LogP contribution in [0.25, 0.3) is 0 Å². The van der Waals surface area contributed by atoms with Crippen LogP contribution in [0.4, 0.5) is 11.4 Å². The van der Waals surface area contributed by atoms with E-state index in [4.69, 9.17) is 4.74 Å². The van der Waals surface area contributed by atoms with E-state index in [2.05, 4.69) is 10.6 Å². The molecule has 5 nitrogen and oxygen atoms in total. The number of hydrogen-bond donors (Lipinski definition) is 2. The SMILES string of the molecule is CC(=O)c1ccc(NCCC(=O)Nc2ccccc2OC(C)C)cc1. The zero-order chi connectivity index (χ0) is 18.2. The minimum absolute atomic E-state index is 0.0354. The van der Waals surface area contributed by atoms with Gasteiger partial charge < -0.3 is 15.4 Å². The third-order valence-corrected chi connectivity index (χ3v) is 3.50. The second-order valence-corrected chi connectivity index (χ2v) is 6.02. The van der Waals surface area contributed by atoms with Crippen LogP contribution < -0.4 is 15.4 Å². The quantitative estimate of drug-likeness (QED) is 0.710. The molecule has 0 spiro atoms. The number of amides is 1. The standard InChI is InChI=1S/C20H24N2O3/c1-14(2)25-19-7-5-4-6-18(19)22-20(24)12-13-21-17-10-8-16(9-11-17)15(3)23/h4-11,14,21H,12-13H2,1-3H3,(H,22,24). The highest BCUT2D eigenvalue weighted by Crippen LogP contribution is 2.24. The topological polar surface area (TPSA) is 67.4 Å². The highest BCUT2D eigenvalue weighted by molar-refractivity contribution is 5.94. The fourth-order valence-corrected chi connectivity index (χ4v) is 2.28. The molecule has 2 aromatic carbocycles. The van der Waals surface area contributed by atoms with E-state index in [1.165, 1.54) is 6.92 Å². The molecule has 0 atom stereocenters. The zero-order valence-corrected chi connectivity index (χ0v) is 14.8. The molecular weight excluding hydrogens is 316 g/mol. The number of hydrogen-bond acceptors (Lipinski definition) is 4. The Morgan fingerprint density at radius 2 is 1.72 bits per heavy atom. The first-order valence-corrected chi connectivity index (χ1v) is 8.36. The summed E-state index contributed by atoms with van der Waals surface area (Å²) in [6, 6.07) is 14.6. The summed E-state index contributed by atoms with van der Waals surface area (Å²) in [5, 5.41) is 6.05. The fraction of sp³-hybridized carbons (Fsp3) is 0.300. The van der Waals surface area contributed by atoms with Gasteiger partial charge in [0.15, 0.2) is 5.78 Å². The molecule has 132 valence electrons. The van der Waals surface area contributed by atoms with E-state index in [1.54, 1.807) is 12.1 Å². The van der Waals surface area contributed by atoms with Crippen molar-refractivity contribution in [2.75, 3.05) is 17.2 Å². The average Bonchev–Trinajstić information content (AvgIpc) is 2.56. The van der Waals surface area contributed by atoms with Gasteiger partial charge >= 0.3 is 0 Å². The molecule has 0 radical (unpaired) electrons. The Morgan fingerprint density at radius 3 is 2.36 bits per heavy atom. The number of ether oxygens (including phenoxy) is 1. The van der Waals surface area contributed by atoms with Crippen LogP contribution in [-0.4, -0.2) is 24.3 Å². The van der Waals surface area contributed by atoms with Gasteiger partial charge in [-0.05, 0) is 57.2 Å². The van der Waals surface area contributed by atoms with Crippen LogP contribution in [0.5, 0.6) is 5.75 Å². The largest absolute Gasteiger partial charge is 0.489 e. The van der Waals surface area contributed by atoms with E-state index < -0.39 is 0 Å². The van der Waals surface area contributed by atoms with Gasteiger partial charge in [0.05, 0.1) is 11.8 Å². The Balaban J connectivity index is 1.84. The maximum Gasteiger partial charge on any atom is 0.226 e. The van der Waals surface area contributed by atoms with E-state index >= 15 is 0 Å². The first kappa shape index (κ1) is 18.5. The van der Waals surface area contributed by atoms with Gasteiger partial charge in [-0.25, -0.2) is 0 Å². The second kappa shape index (κ2) is 8.87. The first-order chi connectivity index (χ1) is 12.0. The smallest absolute Gasteiger partial charge is 0.226 e. The maximum atomic E-state index is 12.1. The normalized spacial score (nSPS) is 10.4. The van der Waals surface area contributed by atoms with E-state index in [9.17, 15) is 9.59 Å². The molecule has 0 aliphatic carbocycles. The number of Topliss-reactive ketones (excluding diaryl/α,β-unsaturated/α-hetero) is 1. The van der Waals surface area contributed by atoms with Gasteiger partial charge in [0.25, 0.3) is 0 Å². The van der Waals surface area contributed by atoms with Crippen LogP contribution in [0.15, 0.2) is 48.5 Å². The van der Waals surface area contributed by atoms with Gasteiger partial charge in [-0.1, -0.05) is 12.1 Å².